The summed E-state index contributed by atoms with van der Waals surface area (Å²) in [4.78, 5) is 2.44. The lowest BCUT2D eigenvalue weighted by Gasteiger charge is -2.33. The first-order valence-electron chi connectivity index (χ1n) is 6.68. The highest BCUT2D eigenvalue weighted by Gasteiger charge is 2.24. The Labute approximate surface area is 141 Å². The van der Waals surface area contributed by atoms with Gasteiger partial charge < -0.3 is 5.32 Å². The van der Waals surface area contributed by atoms with Gasteiger partial charge >= 0.3 is 0 Å². The molecule has 3 rings (SSSR count). The number of piperazine rings is 1. The van der Waals surface area contributed by atoms with Gasteiger partial charge in [-0.2, -0.15) is 5.26 Å². The van der Waals surface area contributed by atoms with Crippen molar-refractivity contribution < 1.29 is 0 Å². The summed E-state index contributed by atoms with van der Waals surface area (Å²) in [6.45, 7) is 4.08. The van der Waals surface area contributed by atoms with Crippen LogP contribution in [0.4, 0.5) is 0 Å². The number of fused-ring (bicyclic) bond motifs is 1. The number of nitriles is 1. The van der Waals surface area contributed by atoms with E-state index in [1.165, 1.54) is 15.6 Å². The molecule has 2 heterocycles. The molecule has 0 bridgehead atoms. The molecule has 21 heavy (non-hydrogen) atoms. The van der Waals surface area contributed by atoms with Crippen LogP contribution in [0.25, 0.3) is 10.1 Å². The van der Waals surface area contributed by atoms with Gasteiger partial charge in [-0.1, -0.05) is 18.2 Å². The predicted octanol–water partition coefficient (Wildman–Crippen LogP) is 3.60. The number of halogens is 2. The minimum absolute atomic E-state index is 0. The Morgan fingerprint density at radius 3 is 2.67 bits per heavy atom. The average molecular weight is 344 g/mol. The lowest BCUT2D eigenvalue weighted by molar-refractivity contribution is 0.177. The Kier molecular flexibility index (Phi) is 7.44. The largest absolute Gasteiger partial charge is 0.314 e. The molecule has 1 N–H and O–H groups in total. The molecule has 1 saturated heterocycles. The first kappa shape index (κ1) is 18.2. The molecule has 1 aliphatic heterocycles. The maximum Gasteiger partial charge on any atom is 0.0641 e. The minimum Gasteiger partial charge on any atom is -0.314 e. The van der Waals surface area contributed by atoms with Crippen molar-refractivity contribution in [2.75, 3.05) is 26.2 Å². The minimum atomic E-state index is 0. The Morgan fingerprint density at radius 2 is 1.95 bits per heavy atom. The zero-order valence-corrected chi connectivity index (χ0v) is 14.1. The van der Waals surface area contributed by atoms with Crippen LogP contribution in [-0.4, -0.2) is 31.1 Å². The Bertz CT molecular complexity index is 602. The topological polar surface area (TPSA) is 39.1 Å². The van der Waals surface area contributed by atoms with Gasteiger partial charge in [0.25, 0.3) is 0 Å². The fourth-order valence-corrected chi connectivity index (χ4v) is 3.78. The van der Waals surface area contributed by atoms with E-state index in [1.807, 2.05) is 0 Å². The Hall–Kier alpha value is -0.830. The number of nitrogens with zero attached hydrogens (tertiary/aromatic N) is 2. The molecule has 0 amide bonds. The third kappa shape index (κ3) is 3.88. The van der Waals surface area contributed by atoms with Crippen molar-refractivity contribution in [2.24, 2.45) is 0 Å². The van der Waals surface area contributed by atoms with Gasteiger partial charge in [0.2, 0.25) is 0 Å². The molecule has 1 fully saturated rings. The molecule has 0 unspecified atom stereocenters. The Balaban J connectivity index is 0.00000110. The van der Waals surface area contributed by atoms with Crippen molar-refractivity contribution in [1.29, 1.82) is 5.26 Å². The Morgan fingerprint density at radius 1 is 1.24 bits per heavy atom. The van der Waals surface area contributed by atoms with Crippen LogP contribution in [0, 0.1) is 11.3 Å². The van der Waals surface area contributed by atoms with Gasteiger partial charge in [-0.15, -0.1) is 36.2 Å². The van der Waals surface area contributed by atoms with E-state index in [-0.39, 0.29) is 30.9 Å². The van der Waals surface area contributed by atoms with E-state index in [2.05, 4.69) is 45.9 Å². The smallest absolute Gasteiger partial charge is 0.0641 e. The SMILES string of the molecule is Cl.Cl.N#CC[C@@H](c1csc2ccccc12)N1CCNCC1. The van der Waals surface area contributed by atoms with Crippen molar-refractivity contribution in [1.82, 2.24) is 10.2 Å². The predicted molar refractivity (Wildman–Crippen MR) is 93.7 cm³/mol. The van der Waals surface area contributed by atoms with Crippen LogP contribution >= 0.6 is 36.2 Å². The van der Waals surface area contributed by atoms with Gasteiger partial charge in [0.05, 0.1) is 12.5 Å². The number of thiophene rings is 1. The fraction of sp³-hybridized carbons (Fsp3) is 0.400. The second-order valence-corrected chi connectivity index (χ2v) is 5.76. The highest BCUT2D eigenvalue weighted by atomic mass is 35.5. The molecular weight excluding hydrogens is 325 g/mol. The van der Waals surface area contributed by atoms with Gasteiger partial charge in [0, 0.05) is 36.9 Å². The van der Waals surface area contributed by atoms with E-state index in [9.17, 15) is 0 Å². The van der Waals surface area contributed by atoms with Crippen molar-refractivity contribution in [3.05, 3.63) is 35.2 Å². The molecule has 3 nitrogen and oxygen atoms in total. The average Bonchev–Trinajstić information content (AvgIpc) is 2.89. The van der Waals surface area contributed by atoms with Crippen LogP contribution in [0.2, 0.25) is 0 Å². The summed E-state index contributed by atoms with van der Waals surface area (Å²) in [5.74, 6) is 0. The van der Waals surface area contributed by atoms with E-state index in [1.54, 1.807) is 11.3 Å². The molecule has 6 heteroatoms. The second kappa shape index (κ2) is 8.57. The molecule has 2 aromatic rings. The van der Waals surface area contributed by atoms with Crippen LogP contribution < -0.4 is 5.32 Å². The maximum absolute atomic E-state index is 9.15. The third-order valence-corrected chi connectivity index (χ3v) is 4.73. The molecule has 1 aliphatic rings. The number of nitrogens with one attached hydrogen (secondary N) is 1. The standard InChI is InChI=1S/C15H17N3S.2ClH/c16-6-5-14(18-9-7-17-8-10-18)13-11-19-15-4-2-1-3-12(13)15;;/h1-4,11,14,17H,5,7-10H2;2*1H/t14-;;/m0../s1. The summed E-state index contributed by atoms with van der Waals surface area (Å²) in [7, 11) is 0. The zero-order chi connectivity index (χ0) is 13.1. The van der Waals surface area contributed by atoms with E-state index < -0.39 is 0 Å². The maximum atomic E-state index is 9.15. The van der Waals surface area contributed by atoms with Crippen LogP contribution in [0.3, 0.4) is 0 Å². The summed E-state index contributed by atoms with van der Waals surface area (Å²) >= 11 is 1.78. The van der Waals surface area contributed by atoms with E-state index in [4.69, 9.17) is 5.26 Å². The molecular formula is C15H19Cl2N3S. The zero-order valence-electron chi connectivity index (χ0n) is 11.6. The first-order valence-corrected chi connectivity index (χ1v) is 7.56. The highest BCUT2D eigenvalue weighted by Crippen LogP contribution is 2.34. The van der Waals surface area contributed by atoms with Gasteiger partial charge in [-0.3, -0.25) is 4.90 Å². The molecule has 0 aliphatic carbocycles. The summed E-state index contributed by atoms with van der Waals surface area (Å²) in [5, 5.41) is 16.1. The highest BCUT2D eigenvalue weighted by molar-refractivity contribution is 7.17. The van der Waals surface area contributed by atoms with Gasteiger partial charge in [-0.25, -0.2) is 0 Å². The van der Waals surface area contributed by atoms with Crippen LogP contribution in [0.1, 0.15) is 18.0 Å². The molecule has 0 saturated carbocycles. The van der Waals surface area contributed by atoms with Crippen molar-refractivity contribution >= 4 is 46.2 Å². The first-order chi connectivity index (χ1) is 9.40. The van der Waals surface area contributed by atoms with Crippen molar-refractivity contribution in [3.8, 4) is 6.07 Å². The number of hydrogen-bond donors (Lipinski definition) is 1. The molecule has 0 spiro atoms. The van der Waals surface area contributed by atoms with Crippen molar-refractivity contribution in [3.63, 3.8) is 0 Å². The normalized spacial score (nSPS) is 16.5. The van der Waals surface area contributed by atoms with Crippen LogP contribution in [0.5, 0.6) is 0 Å². The quantitative estimate of drug-likeness (QED) is 0.925. The number of rotatable bonds is 3. The van der Waals surface area contributed by atoms with E-state index >= 15 is 0 Å². The second-order valence-electron chi connectivity index (χ2n) is 4.85. The molecule has 1 aromatic carbocycles. The molecule has 1 aromatic heterocycles. The summed E-state index contributed by atoms with van der Waals surface area (Å²) in [6, 6.07) is 11.1. The summed E-state index contributed by atoms with van der Waals surface area (Å²) in [6.07, 6.45) is 0.570. The number of benzene rings is 1. The fourth-order valence-electron chi connectivity index (χ4n) is 2.77. The summed E-state index contributed by atoms with van der Waals surface area (Å²) in [5.41, 5.74) is 1.32. The van der Waals surface area contributed by atoms with Crippen molar-refractivity contribution in [2.45, 2.75) is 12.5 Å². The van der Waals surface area contributed by atoms with Crippen LogP contribution in [0.15, 0.2) is 29.6 Å². The van der Waals surface area contributed by atoms with Crippen LogP contribution in [-0.2, 0) is 0 Å². The molecule has 114 valence electrons. The monoisotopic (exact) mass is 343 g/mol. The summed E-state index contributed by atoms with van der Waals surface area (Å²) < 4.78 is 1.32. The lowest BCUT2D eigenvalue weighted by atomic mass is 10.0. The third-order valence-electron chi connectivity index (χ3n) is 3.75. The molecule has 1 atom stereocenters. The van der Waals surface area contributed by atoms with Gasteiger partial charge in [0.15, 0.2) is 0 Å². The van der Waals surface area contributed by atoms with E-state index in [0.717, 1.165) is 26.2 Å². The lowest BCUT2D eigenvalue weighted by Crippen LogP contribution is -2.45. The van der Waals surface area contributed by atoms with E-state index in [0.29, 0.717) is 6.42 Å². The van der Waals surface area contributed by atoms with Gasteiger partial charge in [-0.05, 0) is 22.4 Å². The molecule has 0 radical (unpaired) electrons. The number of hydrogen-bond acceptors (Lipinski definition) is 4. The van der Waals surface area contributed by atoms with Gasteiger partial charge in [0.1, 0.15) is 0 Å².